The van der Waals surface area contributed by atoms with Crippen LogP contribution in [0.1, 0.15) is 37.0 Å². The lowest BCUT2D eigenvalue weighted by Gasteiger charge is -2.09. The van der Waals surface area contributed by atoms with Gasteiger partial charge in [0.05, 0.1) is 11.8 Å². The minimum absolute atomic E-state index is 0.0284. The van der Waals surface area contributed by atoms with Crippen molar-refractivity contribution in [2.24, 2.45) is 5.92 Å². The van der Waals surface area contributed by atoms with Crippen molar-refractivity contribution in [3.8, 4) is 0 Å². The predicted octanol–water partition coefficient (Wildman–Crippen LogP) is 2.91. The number of benzene rings is 1. The van der Waals surface area contributed by atoms with Gasteiger partial charge in [0.2, 0.25) is 5.91 Å². The van der Waals surface area contributed by atoms with Crippen molar-refractivity contribution in [3.05, 3.63) is 48.2 Å². The third-order valence-electron chi connectivity index (χ3n) is 2.95. The van der Waals surface area contributed by atoms with Crippen molar-refractivity contribution in [1.82, 2.24) is 5.32 Å². The van der Waals surface area contributed by atoms with Crippen LogP contribution in [0.2, 0.25) is 0 Å². The lowest BCUT2D eigenvalue weighted by atomic mass is 10.0. The summed E-state index contributed by atoms with van der Waals surface area (Å²) in [4.78, 5) is 22.5. The fourth-order valence-corrected chi connectivity index (χ4v) is 1.72. The Morgan fingerprint density at radius 3 is 2.60 bits per heavy atom. The molecule has 4 heteroatoms. The van der Waals surface area contributed by atoms with Gasteiger partial charge in [-0.15, -0.1) is 0 Å². The van der Waals surface area contributed by atoms with Gasteiger partial charge in [-0.2, -0.15) is 0 Å². The Morgan fingerprint density at radius 1 is 1.30 bits per heavy atom. The molecule has 4 nitrogen and oxygen atoms in total. The zero-order valence-corrected chi connectivity index (χ0v) is 12.0. The molecule has 0 aromatic heterocycles. The van der Waals surface area contributed by atoms with E-state index in [2.05, 4.69) is 12.2 Å². The van der Waals surface area contributed by atoms with E-state index in [-0.39, 0.29) is 17.8 Å². The Balaban J connectivity index is 2.38. The zero-order chi connectivity index (χ0) is 14.8. The van der Waals surface area contributed by atoms with Crippen molar-refractivity contribution in [2.45, 2.75) is 26.7 Å². The topological polar surface area (TPSA) is 55.4 Å². The number of nitrogens with one attached hydrogen (secondary N) is 1. The molecule has 0 spiro atoms. The summed E-state index contributed by atoms with van der Waals surface area (Å²) in [5, 5.41) is 2.75. The van der Waals surface area contributed by atoms with E-state index >= 15 is 0 Å². The smallest absolute Gasteiger partial charge is 0.342 e. The van der Waals surface area contributed by atoms with E-state index in [9.17, 15) is 9.59 Å². The summed E-state index contributed by atoms with van der Waals surface area (Å²) < 4.78 is 5.08. The van der Waals surface area contributed by atoms with Crippen LogP contribution in [0.5, 0.6) is 0 Å². The van der Waals surface area contributed by atoms with Gasteiger partial charge in [0.15, 0.2) is 0 Å². The van der Waals surface area contributed by atoms with Crippen molar-refractivity contribution in [2.75, 3.05) is 6.54 Å². The second kappa shape index (κ2) is 8.91. The molecule has 1 unspecified atom stereocenters. The molecule has 0 bridgehead atoms. The maximum absolute atomic E-state index is 11.7. The summed E-state index contributed by atoms with van der Waals surface area (Å²) in [6.45, 7) is 4.19. The molecule has 0 radical (unpaired) electrons. The first-order valence-electron chi connectivity index (χ1n) is 6.80. The van der Waals surface area contributed by atoms with Crippen LogP contribution in [0, 0.1) is 5.92 Å². The van der Waals surface area contributed by atoms with Gasteiger partial charge in [0, 0.05) is 13.5 Å². The summed E-state index contributed by atoms with van der Waals surface area (Å²) in [5.74, 6) is -0.108. The highest BCUT2D eigenvalue weighted by molar-refractivity contribution is 5.89. The quantitative estimate of drug-likeness (QED) is 0.615. The van der Waals surface area contributed by atoms with Crippen LogP contribution in [-0.4, -0.2) is 18.4 Å². The lowest BCUT2D eigenvalue weighted by Crippen LogP contribution is -2.22. The van der Waals surface area contributed by atoms with Gasteiger partial charge >= 0.3 is 5.97 Å². The van der Waals surface area contributed by atoms with Crippen LogP contribution in [0.25, 0.3) is 0 Å². The van der Waals surface area contributed by atoms with E-state index in [1.165, 1.54) is 13.2 Å². The Hall–Kier alpha value is -2.10. The normalized spacial score (nSPS) is 12.1. The van der Waals surface area contributed by atoms with Gasteiger partial charge in [-0.25, -0.2) is 4.79 Å². The molecule has 1 rings (SSSR count). The highest BCUT2D eigenvalue weighted by Gasteiger charge is 2.05. The molecular weight excluding hydrogens is 254 g/mol. The third-order valence-corrected chi connectivity index (χ3v) is 2.95. The van der Waals surface area contributed by atoms with Crippen LogP contribution >= 0.6 is 0 Å². The molecule has 1 atom stereocenters. The second-order valence-electron chi connectivity index (χ2n) is 4.54. The number of carbonyl (C=O) groups is 2. The summed E-state index contributed by atoms with van der Waals surface area (Å²) in [6.07, 6.45) is 5.06. The molecule has 20 heavy (non-hydrogen) atoms. The SMILES string of the molecule is CCC(C=COC(=O)c1ccccc1)CCNC(C)=O. The predicted molar refractivity (Wildman–Crippen MR) is 78.1 cm³/mol. The number of hydrogen-bond donors (Lipinski definition) is 1. The number of allylic oxidation sites excluding steroid dienone is 1. The number of hydrogen-bond acceptors (Lipinski definition) is 3. The molecule has 108 valence electrons. The van der Waals surface area contributed by atoms with Crippen LogP contribution in [0.4, 0.5) is 0 Å². The van der Waals surface area contributed by atoms with Crippen LogP contribution in [0.15, 0.2) is 42.7 Å². The number of amides is 1. The first-order valence-corrected chi connectivity index (χ1v) is 6.80. The molecular formula is C16H21NO3. The Morgan fingerprint density at radius 2 is 2.00 bits per heavy atom. The first-order chi connectivity index (χ1) is 9.63. The van der Waals surface area contributed by atoms with Crippen molar-refractivity contribution in [3.63, 3.8) is 0 Å². The minimum Gasteiger partial charge on any atom is -0.431 e. The lowest BCUT2D eigenvalue weighted by molar-refractivity contribution is -0.118. The molecule has 1 aromatic rings. The number of rotatable bonds is 7. The van der Waals surface area contributed by atoms with E-state index in [1.54, 1.807) is 24.3 Å². The maximum atomic E-state index is 11.7. The van der Waals surface area contributed by atoms with Crippen LogP contribution in [0.3, 0.4) is 0 Å². The molecule has 1 N–H and O–H groups in total. The highest BCUT2D eigenvalue weighted by atomic mass is 16.5. The molecule has 0 saturated heterocycles. The monoisotopic (exact) mass is 275 g/mol. The number of esters is 1. The van der Waals surface area contributed by atoms with Gasteiger partial charge in [0.25, 0.3) is 0 Å². The maximum Gasteiger partial charge on any atom is 0.342 e. The summed E-state index contributed by atoms with van der Waals surface area (Å²) in [7, 11) is 0. The molecule has 0 fully saturated rings. The number of ether oxygens (including phenoxy) is 1. The van der Waals surface area contributed by atoms with E-state index in [1.807, 2.05) is 12.1 Å². The van der Waals surface area contributed by atoms with Gasteiger partial charge in [-0.3, -0.25) is 4.79 Å². The van der Waals surface area contributed by atoms with E-state index in [0.29, 0.717) is 12.1 Å². The zero-order valence-electron chi connectivity index (χ0n) is 12.0. The molecule has 0 aliphatic rings. The Kier molecular flexibility index (Phi) is 7.11. The van der Waals surface area contributed by atoms with Gasteiger partial charge in [0.1, 0.15) is 0 Å². The van der Waals surface area contributed by atoms with Crippen LogP contribution < -0.4 is 5.32 Å². The largest absolute Gasteiger partial charge is 0.431 e. The molecule has 0 aliphatic heterocycles. The van der Waals surface area contributed by atoms with Crippen molar-refractivity contribution in [1.29, 1.82) is 0 Å². The fraction of sp³-hybridized carbons (Fsp3) is 0.375. The Labute approximate surface area is 119 Å². The minimum atomic E-state index is -0.362. The average Bonchev–Trinajstić information content (AvgIpc) is 2.46. The second-order valence-corrected chi connectivity index (χ2v) is 4.54. The van der Waals surface area contributed by atoms with Crippen molar-refractivity contribution < 1.29 is 14.3 Å². The molecule has 0 saturated carbocycles. The summed E-state index contributed by atoms with van der Waals surface area (Å²) in [5.41, 5.74) is 0.531. The van der Waals surface area contributed by atoms with Gasteiger partial charge < -0.3 is 10.1 Å². The molecule has 0 aliphatic carbocycles. The summed E-state index contributed by atoms with van der Waals surface area (Å²) >= 11 is 0. The van der Waals surface area contributed by atoms with Gasteiger partial charge in [-0.05, 0) is 37.0 Å². The van der Waals surface area contributed by atoms with E-state index in [4.69, 9.17) is 4.74 Å². The molecule has 1 amide bonds. The van der Waals surface area contributed by atoms with Crippen molar-refractivity contribution >= 4 is 11.9 Å². The number of carbonyl (C=O) groups excluding carboxylic acids is 2. The third kappa shape index (κ3) is 6.18. The van der Waals surface area contributed by atoms with E-state index in [0.717, 1.165) is 12.8 Å². The first kappa shape index (κ1) is 16.0. The highest BCUT2D eigenvalue weighted by Crippen LogP contribution is 2.10. The fourth-order valence-electron chi connectivity index (χ4n) is 1.72. The standard InChI is InChI=1S/C16H21NO3/c1-3-14(9-11-17-13(2)18)10-12-20-16(19)15-7-5-4-6-8-15/h4-8,10,12,14H,3,9,11H2,1-2H3,(H,17,18). The van der Waals surface area contributed by atoms with E-state index < -0.39 is 0 Å². The molecule has 1 aromatic carbocycles. The Bertz CT molecular complexity index is 454. The summed E-state index contributed by atoms with van der Waals surface area (Å²) in [6, 6.07) is 8.86. The van der Waals surface area contributed by atoms with Crippen LogP contribution in [-0.2, 0) is 9.53 Å². The van der Waals surface area contributed by atoms with Gasteiger partial charge in [-0.1, -0.05) is 25.1 Å². The molecule has 0 heterocycles. The average molecular weight is 275 g/mol.